The predicted molar refractivity (Wildman–Crippen MR) is 130 cm³/mol. The van der Waals surface area contributed by atoms with Gasteiger partial charge in [-0.15, -0.1) is 0 Å². The number of nitrogens with zero attached hydrogens (tertiary/aromatic N) is 2. The van der Waals surface area contributed by atoms with Crippen LogP contribution in [0.2, 0.25) is 0 Å². The summed E-state index contributed by atoms with van der Waals surface area (Å²) in [5, 5.41) is 18.9. The number of carbonyl (C=O) groups is 1. The molecule has 4 aromatic rings. The number of aromatic carboxylic acids is 1. The number of benzene rings is 3. The van der Waals surface area contributed by atoms with Gasteiger partial charge in [0.05, 0.1) is 29.3 Å². The number of imidazole rings is 1. The van der Waals surface area contributed by atoms with E-state index in [9.17, 15) is 10.1 Å². The molecule has 4 rings (SSSR count). The van der Waals surface area contributed by atoms with Gasteiger partial charge in [-0.05, 0) is 78.6 Å². The van der Waals surface area contributed by atoms with Gasteiger partial charge in [0.1, 0.15) is 18.5 Å². The summed E-state index contributed by atoms with van der Waals surface area (Å²) in [4.78, 5) is 19.0. The second kappa shape index (κ2) is 9.51. The van der Waals surface area contributed by atoms with Crippen LogP contribution >= 0.6 is 0 Å². The third kappa shape index (κ3) is 4.76. The number of carboxylic acid groups (broad SMARTS) is 1. The maximum absolute atomic E-state index is 11.2. The van der Waals surface area contributed by atoms with Crippen LogP contribution in [-0.2, 0) is 6.61 Å². The van der Waals surface area contributed by atoms with Crippen molar-refractivity contribution in [1.82, 2.24) is 9.97 Å². The Labute approximate surface area is 196 Å². The molecule has 2 N–H and O–H groups in total. The Morgan fingerprint density at radius 1 is 1.12 bits per heavy atom. The van der Waals surface area contributed by atoms with Crippen molar-refractivity contribution in [2.24, 2.45) is 0 Å². The number of aromatic nitrogens is 2. The third-order valence-electron chi connectivity index (χ3n) is 5.54. The minimum atomic E-state index is -0.987. The van der Waals surface area contributed by atoms with Crippen molar-refractivity contribution in [3.05, 3.63) is 88.2 Å². The number of nitriles is 1. The largest absolute Gasteiger partial charge is 0.493 e. The Bertz CT molecular complexity index is 1420. The van der Waals surface area contributed by atoms with Crippen molar-refractivity contribution in [2.45, 2.75) is 20.5 Å². The molecule has 0 radical (unpaired) electrons. The maximum Gasteiger partial charge on any atom is 0.335 e. The number of methoxy groups -OCH3 is 1. The van der Waals surface area contributed by atoms with E-state index in [0.29, 0.717) is 22.9 Å². The van der Waals surface area contributed by atoms with E-state index in [1.807, 2.05) is 32.0 Å². The lowest BCUT2D eigenvalue weighted by Crippen LogP contribution is -2.01. The number of aryl methyl sites for hydroxylation is 2. The lowest BCUT2D eigenvalue weighted by atomic mass is 10.1. The number of hydrogen-bond donors (Lipinski definition) is 2. The number of allylic oxidation sites excluding steroid dienone is 1. The van der Waals surface area contributed by atoms with Crippen molar-refractivity contribution in [2.75, 3.05) is 7.11 Å². The first-order chi connectivity index (χ1) is 16.4. The molecule has 0 aliphatic carbocycles. The average Bonchev–Trinajstić information content (AvgIpc) is 3.24. The fourth-order valence-electron chi connectivity index (χ4n) is 3.57. The highest BCUT2D eigenvalue weighted by Crippen LogP contribution is 2.31. The Balaban J connectivity index is 1.58. The van der Waals surface area contributed by atoms with Crippen molar-refractivity contribution in [1.29, 1.82) is 5.26 Å². The maximum atomic E-state index is 11.2. The Morgan fingerprint density at radius 3 is 2.65 bits per heavy atom. The van der Waals surface area contributed by atoms with Crippen LogP contribution in [0.25, 0.3) is 22.7 Å². The average molecular weight is 453 g/mol. The summed E-state index contributed by atoms with van der Waals surface area (Å²) in [6.45, 7) is 4.26. The molecule has 0 amide bonds. The van der Waals surface area contributed by atoms with E-state index in [4.69, 9.17) is 14.6 Å². The SMILES string of the molecule is COc1cc(/C=C(/C#N)c2nc3cc(C)c(C)cc3[nH]2)ccc1OCc1cccc(C(=O)O)c1. The normalized spacial score (nSPS) is 11.3. The van der Waals surface area contributed by atoms with E-state index >= 15 is 0 Å². The molecule has 0 fully saturated rings. The molecule has 1 heterocycles. The molecule has 0 bridgehead atoms. The summed E-state index contributed by atoms with van der Waals surface area (Å²) in [6.07, 6.45) is 1.74. The summed E-state index contributed by atoms with van der Waals surface area (Å²) in [6, 6.07) is 18.2. The molecule has 7 nitrogen and oxygen atoms in total. The molecule has 0 unspecified atom stereocenters. The van der Waals surface area contributed by atoms with E-state index in [0.717, 1.165) is 33.3 Å². The Hall–Kier alpha value is -4.57. The predicted octanol–water partition coefficient (Wildman–Crippen LogP) is 5.53. The van der Waals surface area contributed by atoms with Crippen LogP contribution in [0.5, 0.6) is 11.5 Å². The molecule has 34 heavy (non-hydrogen) atoms. The van der Waals surface area contributed by atoms with Crippen LogP contribution in [-0.4, -0.2) is 28.2 Å². The number of hydrogen-bond acceptors (Lipinski definition) is 5. The first kappa shape index (κ1) is 22.6. The van der Waals surface area contributed by atoms with Crippen LogP contribution in [0.3, 0.4) is 0 Å². The minimum absolute atomic E-state index is 0.188. The molecule has 0 saturated heterocycles. The summed E-state index contributed by atoms with van der Waals surface area (Å²) >= 11 is 0. The zero-order chi connectivity index (χ0) is 24.2. The topological polar surface area (TPSA) is 108 Å². The number of rotatable bonds is 7. The lowest BCUT2D eigenvalue weighted by molar-refractivity contribution is 0.0696. The third-order valence-corrected chi connectivity index (χ3v) is 5.54. The van der Waals surface area contributed by atoms with Gasteiger partial charge >= 0.3 is 5.97 Å². The van der Waals surface area contributed by atoms with Crippen molar-refractivity contribution in [3.8, 4) is 17.6 Å². The molecule has 170 valence electrons. The van der Waals surface area contributed by atoms with Gasteiger partial charge in [0.2, 0.25) is 0 Å². The van der Waals surface area contributed by atoms with E-state index in [2.05, 4.69) is 16.0 Å². The summed E-state index contributed by atoms with van der Waals surface area (Å²) in [5.74, 6) is 0.517. The van der Waals surface area contributed by atoms with Gasteiger partial charge in [-0.2, -0.15) is 5.26 Å². The number of aromatic amines is 1. The van der Waals surface area contributed by atoms with Crippen LogP contribution in [0, 0.1) is 25.2 Å². The molecular formula is C27H23N3O4. The number of ether oxygens (including phenoxy) is 2. The first-order valence-electron chi connectivity index (χ1n) is 10.6. The van der Waals surface area contributed by atoms with Gasteiger partial charge in [0, 0.05) is 0 Å². The number of fused-ring (bicyclic) bond motifs is 1. The number of nitrogens with one attached hydrogen (secondary N) is 1. The van der Waals surface area contributed by atoms with Crippen molar-refractivity contribution in [3.63, 3.8) is 0 Å². The zero-order valence-electron chi connectivity index (χ0n) is 19.0. The van der Waals surface area contributed by atoms with Gasteiger partial charge < -0.3 is 19.6 Å². The second-order valence-electron chi connectivity index (χ2n) is 7.91. The fourth-order valence-corrected chi connectivity index (χ4v) is 3.57. The molecular weight excluding hydrogens is 430 g/mol. The van der Waals surface area contributed by atoms with Gasteiger partial charge in [-0.3, -0.25) is 0 Å². The molecule has 7 heteroatoms. The second-order valence-corrected chi connectivity index (χ2v) is 7.91. The summed E-state index contributed by atoms with van der Waals surface area (Å²) < 4.78 is 11.3. The number of H-pyrrole nitrogens is 1. The van der Waals surface area contributed by atoms with Gasteiger partial charge in [0.15, 0.2) is 11.5 Å². The Morgan fingerprint density at radius 2 is 1.91 bits per heavy atom. The van der Waals surface area contributed by atoms with Crippen LogP contribution in [0.1, 0.15) is 38.4 Å². The molecule has 1 aromatic heterocycles. The highest BCUT2D eigenvalue weighted by atomic mass is 16.5. The highest BCUT2D eigenvalue weighted by Gasteiger charge is 2.11. The van der Waals surface area contributed by atoms with Crippen molar-refractivity contribution < 1.29 is 19.4 Å². The Kier molecular flexibility index (Phi) is 6.33. The lowest BCUT2D eigenvalue weighted by Gasteiger charge is -2.12. The van der Waals surface area contributed by atoms with E-state index in [1.54, 1.807) is 36.4 Å². The smallest absolute Gasteiger partial charge is 0.335 e. The van der Waals surface area contributed by atoms with Crippen LogP contribution < -0.4 is 9.47 Å². The van der Waals surface area contributed by atoms with Crippen LogP contribution in [0.15, 0.2) is 54.6 Å². The first-order valence-corrected chi connectivity index (χ1v) is 10.6. The molecule has 0 aliphatic heterocycles. The van der Waals surface area contributed by atoms with Crippen LogP contribution in [0.4, 0.5) is 0 Å². The molecule has 0 saturated carbocycles. The fraction of sp³-hybridized carbons (Fsp3) is 0.148. The zero-order valence-corrected chi connectivity index (χ0v) is 19.0. The van der Waals surface area contributed by atoms with Gasteiger partial charge in [-0.1, -0.05) is 18.2 Å². The molecule has 0 spiro atoms. The monoisotopic (exact) mass is 453 g/mol. The molecule has 0 atom stereocenters. The minimum Gasteiger partial charge on any atom is -0.493 e. The van der Waals surface area contributed by atoms with E-state index in [1.165, 1.54) is 13.2 Å². The van der Waals surface area contributed by atoms with Gasteiger partial charge in [-0.25, -0.2) is 9.78 Å². The quantitative estimate of drug-likeness (QED) is 0.356. The summed E-state index contributed by atoms with van der Waals surface area (Å²) in [5.41, 5.74) is 6.07. The highest BCUT2D eigenvalue weighted by molar-refractivity contribution is 5.91. The molecule has 0 aliphatic rings. The summed E-state index contributed by atoms with van der Waals surface area (Å²) in [7, 11) is 1.54. The standard InChI is InChI=1S/C27H23N3O4/c1-16-9-22-23(10-17(16)2)30-26(29-22)21(14-28)11-18-7-8-24(25(13-18)33-3)34-15-19-5-4-6-20(12-19)27(31)32/h4-13H,15H2,1-3H3,(H,29,30)(H,31,32)/b21-11-. The van der Waals surface area contributed by atoms with E-state index < -0.39 is 5.97 Å². The molecule has 3 aromatic carbocycles. The van der Waals surface area contributed by atoms with Crippen molar-refractivity contribution >= 4 is 28.7 Å². The van der Waals surface area contributed by atoms with Gasteiger partial charge in [0.25, 0.3) is 0 Å². The van der Waals surface area contributed by atoms with E-state index in [-0.39, 0.29) is 12.2 Å². The number of carboxylic acids is 1.